The summed E-state index contributed by atoms with van der Waals surface area (Å²) in [4.78, 5) is 13.5. The highest BCUT2D eigenvalue weighted by Crippen LogP contribution is 2.33. The van der Waals surface area contributed by atoms with Crippen LogP contribution in [0.3, 0.4) is 0 Å². The normalized spacial score (nSPS) is 13.8. The first-order chi connectivity index (χ1) is 7.08. The minimum atomic E-state index is -0.918. The van der Waals surface area contributed by atoms with E-state index in [4.69, 9.17) is 5.73 Å². The third-order valence-electron chi connectivity index (χ3n) is 1.99. The average Bonchev–Trinajstić information content (AvgIpc) is 2.15. The van der Waals surface area contributed by atoms with Crippen molar-refractivity contribution >= 4 is 22.9 Å². The average molecular weight is 210 g/mol. The molecule has 1 aliphatic rings. The third kappa shape index (κ3) is 1.58. The molecular weight excluding hydrogens is 203 g/mol. The summed E-state index contributed by atoms with van der Waals surface area (Å²) in [6.07, 6.45) is 0. The van der Waals surface area contributed by atoms with Gasteiger partial charge in [-0.2, -0.15) is 4.39 Å². The van der Waals surface area contributed by atoms with E-state index in [1.165, 1.54) is 0 Å². The van der Waals surface area contributed by atoms with Gasteiger partial charge in [0.2, 0.25) is 5.82 Å². The monoisotopic (exact) mass is 210 g/mol. The van der Waals surface area contributed by atoms with Crippen LogP contribution in [0, 0.1) is 15.9 Å². The predicted octanol–water partition coefficient (Wildman–Crippen LogP) is 1.15. The lowest BCUT2D eigenvalue weighted by Gasteiger charge is -2.14. The molecule has 0 amide bonds. The number of nitro benzene ring substituents is 1. The lowest BCUT2D eigenvalue weighted by Crippen LogP contribution is -2.25. The summed E-state index contributed by atoms with van der Waals surface area (Å²) >= 11 is 0. The number of nitrogens with one attached hydrogen (secondary N) is 1. The molecule has 1 heterocycles. The van der Waals surface area contributed by atoms with Gasteiger partial charge in [-0.25, -0.2) is 4.99 Å². The van der Waals surface area contributed by atoms with Gasteiger partial charge in [0.15, 0.2) is 0 Å². The molecule has 0 fully saturated rings. The van der Waals surface area contributed by atoms with E-state index in [0.29, 0.717) is 18.1 Å². The van der Waals surface area contributed by atoms with E-state index in [-0.39, 0.29) is 5.69 Å². The molecule has 78 valence electrons. The van der Waals surface area contributed by atoms with Gasteiger partial charge in [0.1, 0.15) is 5.84 Å². The van der Waals surface area contributed by atoms with Crippen molar-refractivity contribution in [1.82, 2.24) is 0 Å². The number of fused-ring (bicyclic) bond motifs is 1. The van der Waals surface area contributed by atoms with Crippen molar-refractivity contribution in [3.05, 3.63) is 28.1 Å². The Morgan fingerprint density at radius 1 is 1.60 bits per heavy atom. The standard InChI is InChI=1S/C8H7FN4O2/c9-4-1-6-5(2-7(4)13(14)15)11-3-8(10)12-6/h1-2,11H,3H2,(H2,10,12). The highest BCUT2D eigenvalue weighted by atomic mass is 19.1. The second-order valence-corrected chi connectivity index (χ2v) is 3.03. The van der Waals surface area contributed by atoms with Crippen LogP contribution >= 0.6 is 0 Å². The fraction of sp³-hybridized carbons (Fsp3) is 0.125. The van der Waals surface area contributed by atoms with Gasteiger partial charge < -0.3 is 11.1 Å². The molecule has 1 aromatic rings. The molecule has 0 saturated heterocycles. The second kappa shape index (κ2) is 3.19. The van der Waals surface area contributed by atoms with Gasteiger partial charge in [-0.05, 0) is 0 Å². The van der Waals surface area contributed by atoms with Crippen LogP contribution in [-0.2, 0) is 0 Å². The number of halogens is 1. The number of hydrogen-bond acceptors (Lipinski definition) is 5. The van der Waals surface area contributed by atoms with Crippen molar-refractivity contribution < 1.29 is 9.31 Å². The minimum absolute atomic E-state index is 0.279. The van der Waals surface area contributed by atoms with Crippen LogP contribution in [-0.4, -0.2) is 17.3 Å². The Balaban J connectivity index is 2.57. The first kappa shape index (κ1) is 9.38. The van der Waals surface area contributed by atoms with E-state index in [2.05, 4.69) is 10.3 Å². The first-order valence-electron chi connectivity index (χ1n) is 4.13. The van der Waals surface area contributed by atoms with Crippen molar-refractivity contribution in [2.75, 3.05) is 11.9 Å². The molecule has 0 radical (unpaired) electrons. The maximum absolute atomic E-state index is 13.2. The van der Waals surface area contributed by atoms with E-state index >= 15 is 0 Å². The van der Waals surface area contributed by atoms with E-state index in [1.54, 1.807) is 0 Å². The molecule has 0 aliphatic carbocycles. The lowest BCUT2D eigenvalue weighted by atomic mass is 10.2. The van der Waals surface area contributed by atoms with Gasteiger partial charge in [-0.3, -0.25) is 10.1 Å². The molecule has 0 unspecified atom stereocenters. The summed E-state index contributed by atoms with van der Waals surface area (Å²) in [6.45, 7) is 0.301. The van der Waals surface area contributed by atoms with Gasteiger partial charge in [0.05, 0.1) is 22.8 Å². The zero-order valence-corrected chi connectivity index (χ0v) is 7.53. The molecule has 7 heteroatoms. The topological polar surface area (TPSA) is 93.5 Å². The van der Waals surface area contributed by atoms with Crippen LogP contribution in [0.1, 0.15) is 0 Å². The molecule has 3 N–H and O–H groups in total. The van der Waals surface area contributed by atoms with Crippen molar-refractivity contribution in [3.8, 4) is 0 Å². The molecule has 0 bridgehead atoms. The molecule has 6 nitrogen and oxygen atoms in total. The number of anilines is 1. The Bertz CT molecular complexity index is 472. The van der Waals surface area contributed by atoms with E-state index < -0.39 is 16.4 Å². The molecule has 15 heavy (non-hydrogen) atoms. The Morgan fingerprint density at radius 2 is 2.33 bits per heavy atom. The van der Waals surface area contributed by atoms with Crippen LogP contribution in [0.25, 0.3) is 0 Å². The minimum Gasteiger partial charge on any atom is -0.386 e. The molecule has 0 aromatic heterocycles. The summed E-state index contributed by atoms with van der Waals surface area (Å²) in [5, 5.41) is 13.3. The highest BCUT2D eigenvalue weighted by Gasteiger charge is 2.20. The SMILES string of the molecule is NC1=Nc2cc(F)c([N+](=O)[O-])cc2NC1. The van der Waals surface area contributed by atoms with Crippen LogP contribution in [0.4, 0.5) is 21.5 Å². The lowest BCUT2D eigenvalue weighted by molar-refractivity contribution is -0.387. The quantitative estimate of drug-likeness (QED) is 0.537. The zero-order valence-electron chi connectivity index (χ0n) is 7.53. The summed E-state index contributed by atoms with van der Waals surface area (Å²) in [7, 11) is 0. The Morgan fingerprint density at radius 3 is 3.00 bits per heavy atom. The van der Waals surface area contributed by atoms with Crippen LogP contribution in [0.5, 0.6) is 0 Å². The molecule has 1 aromatic carbocycles. The van der Waals surface area contributed by atoms with Gasteiger partial charge >= 0.3 is 5.69 Å². The number of benzene rings is 1. The number of nitrogens with zero attached hydrogens (tertiary/aromatic N) is 2. The Hall–Kier alpha value is -2.18. The number of rotatable bonds is 1. The van der Waals surface area contributed by atoms with Gasteiger partial charge in [-0.1, -0.05) is 0 Å². The van der Waals surface area contributed by atoms with Crippen molar-refractivity contribution in [1.29, 1.82) is 0 Å². The molecular formula is C8H7FN4O2. The van der Waals surface area contributed by atoms with Gasteiger partial charge in [0.25, 0.3) is 0 Å². The smallest absolute Gasteiger partial charge is 0.307 e. The van der Waals surface area contributed by atoms with Gasteiger partial charge in [0, 0.05) is 12.1 Å². The van der Waals surface area contributed by atoms with Gasteiger partial charge in [-0.15, -0.1) is 0 Å². The van der Waals surface area contributed by atoms with Crippen LogP contribution in [0.2, 0.25) is 0 Å². The maximum Gasteiger partial charge on any atom is 0.307 e. The van der Waals surface area contributed by atoms with E-state index in [9.17, 15) is 14.5 Å². The largest absolute Gasteiger partial charge is 0.386 e. The number of amidine groups is 1. The fourth-order valence-corrected chi connectivity index (χ4v) is 1.31. The summed E-state index contributed by atoms with van der Waals surface area (Å²) in [5.41, 5.74) is 5.55. The molecule has 0 spiro atoms. The van der Waals surface area contributed by atoms with E-state index in [0.717, 1.165) is 12.1 Å². The fourth-order valence-electron chi connectivity index (χ4n) is 1.31. The number of hydrogen-bond donors (Lipinski definition) is 2. The Labute approximate surface area is 83.8 Å². The van der Waals surface area contributed by atoms with Crippen LogP contribution < -0.4 is 11.1 Å². The van der Waals surface area contributed by atoms with Crippen molar-refractivity contribution in [2.24, 2.45) is 10.7 Å². The third-order valence-corrected chi connectivity index (χ3v) is 1.99. The summed E-state index contributed by atoms with van der Waals surface area (Å²) in [5.74, 6) is -0.602. The number of aliphatic imine (C=N–C) groups is 1. The molecule has 2 rings (SSSR count). The first-order valence-corrected chi connectivity index (χ1v) is 4.13. The molecule has 1 aliphatic heterocycles. The molecule has 0 saturated carbocycles. The van der Waals surface area contributed by atoms with Crippen LogP contribution in [0.15, 0.2) is 17.1 Å². The Kier molecular flexibility index (Phi) is 2.00. The van der Waals surface area contributed by atoms with Crippen molar-refractivity contribution in [3.63, 3.8) is 0 Å². The summed E-state index contributed by atoms with van der Waals surface area (Å²) < 4.78 is 13.2. The second-order valence-electron chi connectivity index (χ2n) is 3.03. The maximum atomic E-state index is 13.2. The van der Waals surface area contributed by atoms with E-state index in [1.807, 2.05) is 0 Å². The number of nitro groups is 1. The zero-order chi connectivity index (χ0) is 11.0. The van der Waals surface area contributed by atoms with Crippen molar-refractivity contribution in [2.45, 2.75) is 0 Å². The number of nitrogens with two attached hydrogens (primary N) is 1. The summed E-state index contributed by atoms with van der Waals surface area (Å²) in [6, 6.07) is 2.10. The molecule has 0 atom stereocenters. The highest BCUT2D eigenvalue weighted by molar-refractivity contribution is 5.92. The predicted molar refractivity (Wildman–Crippen MR) is 52.8 cm³/mol.